The highest BCUT2D eigenvalue weighted by molar-refractivity contribution is 7.07. The Morgan fingerprint density at radius 1 is 1.36 bits per heavy atom. The summed E-state index contributed by atoms with van der Waals surface area (Å²) < 4.78 is 5.51. The highest BCUT2D eigenvalue weighted by Crippen LogP contribution is 2.31. The normalized spacial score (nSPS) is 23.2. The SMILES string of the molecule is Cc1cc(C(=O)N2C[C@H]3CC[C@@H](C2)N(Cc2cscn2)C3=O)c(C)o1. The molecule has 25 heavy (non-hydrogen) atoms. The van der Waals surface area contributed by atoms with E-state index in [0.29, 0.717) is 31.0 Å². The lowest BCUT2D eigenvalue weighted by Crippen LogP contribution is -2.47. The van der Waals surface area contributed by atoms with E-state index in [1.54, 1.807) is 11.6 Å². The van der Waals surface area contributed by atoms with Gasteiger partial charge in [-0.15, -0.1) is 11.3 Å². The number of rotatable bonds is 3. The van der Waals surface area contributed by atoms with Gasteiger partial charge < -0.3 is 14.2 Å². The molecule has 3 aliphatic rings. The molecule has 2 amide bonds. The van der Waals surface area contributed by atoms with E-state index in [4.69, 9.17) is 4.42 Å². The van der Waals surface area contributed by atoms with Crippen molar-refractivity contribution in [1.82, 2.24) is 14.8 Å². The van der Waals surface area contributed by atoms with Gasteiger partial charge in [0.05, 0.1) is 29.2 Å². The van der Waals surface area contributed by atoms with Gasteiger partial charge >= 0.3 is 0 Å². The van der Waals surface area contributed by atoms with Crippen LogP contribution in [0, 0.1) is 19.8 Å². The number of fused-ring (bicyclic) bond motifs is 4. The Bertz CT molecular complexity index is 799. The van der Waals surface area contributed by atoms with Gasteiger partial charge in [-0.3, -0.25) is 9.59 Å². The number of carbonyl (C=O) groups is 2. The molecule has 0 N–H and O–H groups in total. The second-order valence-electron chi connectivity index (χ2n) is 6.91. The fourth-order valence-corrected chi connectivity index (χ4v) is 4.47. The topological polar surface area (TPSA) is 66.7 Å². The molecule has 5 rings (SSSR count). The van der Waals surface area contributed by atoms with Crippen molar-refractivity contribution in [3.8, 4) is 0 Å². The van der Waals surface area contributed by atoms with E-state index in [1.807, 2.05) is 29.0 Å². The summed E-state index contributed by atoms with van der Waals surface area (Å²) in [6.45, 7) is 5.26. The van der Waals surface area contributed by atoms with Crippen molar-refractivity contribution in [2.75, 3.05) is 13.1 Å². The number of furan rings is 1. The van der Waals surface area contributed by atoms with Crippen molar-refractivity contribution in [1.29, 1.82) is 0 Å². The van der Waals surface area contributed by atoms with E-state index in [0.717, 1.165) is 24.3 Å². The number of carbonyl (C=O) groups excluding carboxylic acids is 2. The van der Waals surface area contributed by atoms with Gasteiger partial charge in [-0.2, -0.15) is 0 Å². The molecule has 0 aliphatic carbocycles. The highest BCUT2D eigenvalue weighted by atomic mass is 32.1. The monoisotopic (exact) mass is 359 g/mol. The minimum atomic E-state index is -0.116. The fourth-order valence-electron chi connectivity index (χ4n) is 3.92. The van der Waals surface area contributed by atoms with Crippen molar-refractivity contribution in [2.45, 2.75) is 39.3 Å². The Morgan fingerprint density at radius 2 is 2.20 bits per heavy atom. The zero-order valence-corrected chi connectivity index (χ0v) is 15.2. The third-order valence-electron chi connectivity index (χ3n) is 5.17. The second-order valence-corrected chi connectivity index (χ2v) is 7.63. The number of nitrogens with zero attached hydrogens (tertiary/aromatic N) is 3. The molecule has 2 atom stereocenters. The maximum absolute atomic E-state index is 13.0. The zero-order chi connectivity index (χ0) is 17.6. The summed E-state index contributed by atoms with van der Waals surface area (Å²) >= 11 is 1.54. The smallest absolute Gasteiger partial charge is 0.257 e. The van der Waals surface area contributed by atoms with E-state index in [9.17, 15) is 9.59 Å². The summed E-state index contributed by atoms with van der Waals surface area (Å²) in [6.07, 6.45) is 1.79. The molecule has 2 aromatic rings. The van der Waals surface area contributed by atoms with Crippen molar-refractivity contribution in [3.63, 3.8) is 0 Å². The molecule has 0 unspecified atom stereocenters. The third kappa shape index (κ3) is 2.97. The largest absolute Gasteiger partial charge is 0.466 e. The molecule has 5 heterocycles. The van der Waals surface area contributed by atoms with E-state index >= 15 is 0 Å². The van der Waals surface area contributed by atoms with Crippen LogP contribution in [-0.4, -0.2) is 45.7 Å². The number of aromatic nitrogens is 1. The van der Waals surface area contributed by atoms with Crippen molar-refractivity contribution < 1.29 is 14.0 Å². The quantitative estimate of drug-likeness (QED) is 0.845. The second kappa shape index (κ2) is 6.29. The van der Waals surface area contributed by atoms with Crippen LogP contribution in [0.3, 0.4) is 0 Å². The molecular weight excluding hydrogens is 338 g/mol. The summed E-state index contributed by atoms with van der Waals surface area (Å²) in [4.78, 5) is 33.9. The molecule has 7 heteroatoms. The summed E-state index contributed by atoms with van der Waals surface area (Å²) in [5, 5.41) is 1.98. The van der Waals surface area contributed by atoms with Crippen molar-refractivity contribution in [3.05, 3.63) is 39.7 Å². The molecule has 0 spiro atoms. The molecule has 0 aromatic carbocycles. The average Bonchev–Trinajstić information content (AvgIpc) is 3.11. The maximum Gasteiger partial charge on any atom is 0.257 e. The molecule has 3 fully saturated rings. The van der Waals surface area contributed by atoms with Gasteiger partial charge in [-0.25, -0.2) is 4.98 Å². The summed E-state index contributed by atoms with van der Waals surface area (Å²) in [5.41, 5.74) is 3.32. The lowest BCUT2D eigenvalue weighted by atomic mass is 9.94. The minimum Gasteiger partial charge on any atom is -0.466 e. The highest BCUT2D eigenvalue weighted by Gasteiger charge is 2.42. The predicted octanol–water partition coefficient (Wildman–Crippen LogP) is 2.62. The summed E-state index contributed by atoms with van der Waals surface area (Å²) in [6, 6.07) is 1.85. The van der Waals surface area contributed by atoms with Crippen LogP contribution in [0.15, 0.2) is 21.4 Å². The number of amides is 2. The molecule has 2 aromatic heterocycles. The summed E-state index contributed by atoms with van der Waals surface area (Å²) in [7, 11) is 0. The van der Waals surface area contributed by atoms with E-state index in [2.05, 4.69) is 4.98 Å². The Balaban J connectivity index is 1.57. The Morgan fingerprint density at radius 3 is 2.88 bits per heavy atom. The van der Waals surface area contributed by atoms with Gasteiger partial charge in [0, 0.05) is 24.5 Å². The first-order valence-electron chi connectivity index (χ1n) is 8.57. The predicted molar refractivity (Wildman–Crippen MR) is 93.3 cm³/mol. The fraction of sp³-hybridized carbons (Fsp3) is 0.500. The first-order chi connectivity index (χ1) is 12.0. The van der Waals surface area contributed by atoms with Crippen molar-refractivity contribution >= 4 is 23.2 Å². The maximum atomic E-state index is 13.0. The molecule has 2 bridgehead atoms. The minimum absolute atomic E-state index is 0.0328. The molecule has 3 saturated heterocycles. The standard InChI is InChI=1S/C18H21N3O3S/c1-11-5-16(12(2)24-11)18(23)20-6-13-3-4-15(8-20)21(17(13)22)7-14-9-25-10-19-14/h5,9-10,13,15H,3-4,6-8H2,1-2H3/t13-,15+/m1/s1. The van der Waals surface area contributed by atoms with Crippen LogP contribution in [0.5, 0.6) is 0 Å². The molecule has 0 radical (unpaired) electrons. The van der Waals surface area contributed by atoms with Crippen LogP contribution < -0.4 is 0 Å². The molecule has 132 valence electrons. The van der Waals surface area contributed by atoms with Crippen LogP contribution in [0.4, 0.5) is 0 Å². The molecule has 0 saturated carbocycles. The van der Waals surface area contributed by atoms with E-state index < -0.39 is 0 Å². The number of thiazole rings is 1. The van der Waals surface area contributed by atoms with Gasteiger partial charge in [0.25, 0.3) is 5.91 Å². The Hall–Kier alpha value is -2.15. The molecule has 6 nitrogen and oxygen atoms in total. The van der Waals surface area contributed by atoms with E-state index in [1.165, 1.54) is 11.3 Å². The van der Waals surface area contributed by atoms with Gasteiger partial charge in [0.1, 0.15) is 11.5 Å². The van der Waals surface area contributed by atoms with Crippen LogP contribution in [0.2, 0.25) is 0 Å². The van der Waals surface area contributed by atoms with Crippen molar-refractivity contribution in [2.24, 2.45) is 5.92 Å². The van der Waals surface area contributed by atoms with E-state index in [-0.39, 0.29) is 23.8 Å². The average molecular weight is 359 g/mol. The van der Waals surface area contributed by atoms with Gasteiger partial charge in [0.2, 0.25) is 5.91 Å². The molecule has 3 aliphatic heterocycles. The summed E-state index contributed by atoms with van der Waals surface area (Å²) in [5.74, 6) is 1.38. The molecular formula is C18H21N3O3S. The first-order valence-corrected chi connectivity index (χ1v) is 9.51. The Labute approximate surface area is 150 Å². The zero-order valence-electron chi connectivity index (χ0n) is 14.4. The Kier molecular flexibility index (Phi) is 4.11. The number of hydrogen-bond acceptors (Lipinski definition) is 5. The number of aryl methyl sites for hydroxylation is 2. The number of hydrogen-bond donors (Lipinski definition) is 0. The first kappa shape index (κ1) is 16.3. The van der Waals surface area contributed by atoms with Gasteiger partial charge in [0.15, 0.2) is 0 Å². The van der Waals surface area contributed by atoms with Gasteiger partial charge in [-0.1, -0.05) is 0 Å². The third-order valence-corrected chi connectivity index (χ3v) is 5.80. The van der Waals surface area contributed by atoms with Crippen LogP contribution in [-0.2, 0) is 11.3 Å². The van der Waals surface area contributed by atoms with Gasteiger partial charge in [-0.05, 0) is 32.8 Å². The van der Waals surface area contributed by atoms with Crippen LogP contribution >= 0.6 is 11.3 Å². The number of piperidine rings is 1. The lowest BCUT2D eigenvalue weighted by molar-refractivity contribution is -0.140. The van der Waals surface area contributed by atoms with Crippen LogP contribution in [0.1, 0.15) is 40.4 Å². The lowest BCUT2D eigenvalue weighted by Gasteiger charge is -2.35. The van der Waals surface area contributed by atoms with Crippen LogP contribution in [0.25, 0.3) is 0 Å².